The number of hydrogen-bond donors (Lipinski definition) is 0. The summed E-state index contributed by atoms with van der Waals surface area (Å²) in [5, 5.41) is 0. The Morgan fingerprint density at radius 2 is 2.24 bits per heavy atom. The Balaban J connectivity index is 2.21. The molecule has 0 aliphatic carbocycles. The maximum absolute atomic E-state index is 11.3. The first-order valence-electron chi connectivity index (χ1n) is 5.54. The lowest BCUT2D eigenvalue weighted by Crippen LogP contribution is -2.24. The molecule has 1 rings (SSSR count). The molecule has 0 saturated carbocycles. The van der Waals surface area contributed by atoms with E-state index in [1.807, 2.05) is 6.92 Å². The van der Waals surface area contributed by atoms with Crippen molar-refractivity contribution < 1.29 is 28.6 Å². The molecular formula is C11H16O6. The molecule has 96 valence electrons. The van der Waals surface area contributed by atoms with Crippen LogP contribution in [0.25, 0.3) is 0 Å². The van der Waals surface area contributed by atoms with Crippen molar-refractivity contribution in [2.75, 3.05) is 13.2 Å². The topological polar surface area (TPSA) is 78.9 Å². The van der Waals surface area contributed by atoms with Gasteiger partial charge in [0.15, 0.2) is 6.61 Å². The average Bonchev–Trinajstić information content (AvgIpc) is 2.70. The van der Waals surface area contributed by atoms with Crippen LogP contribution in [-0.4, -0.2) is 37.2 Å². The summed E-state index contributed by atoms with van der Waals surface area (Å²) in [6.45, 7) is 3.22. The van der Waals surface area contributed by atoms with Gasteiger partial charge in [0.25, 0.3) is 0 Å². The minimum atomic E-state index is -0.662. The first kappa shape index (κ1) is 13.5. The summed E-state index contributed by atoms with van der Waals surface area (Å²) in [5.41, 5.74) is 0. The third kappa shape index (κ3) is 4.42. The molecule has 1 aliphatic rings. The molecule has 0 radical (unpaired) electrons. The lowest BCUT2D eigenvalue weighted by atomic mass is 10.1. The fraction of sp³-hybridized carbons (Fsp3) is 0.727. The Kier molecular flexibility index (Phi) is 4.93. The van der Waals surface area contributed by atoms with Crippen molar-refractivity contribution >= 4 is 17.9 Å². The summed E-state index contributed by atoms with van der Waals surface area (Å²) in [4.78, 5) is 33.2. The molecule has 1 aliphatic heterocycles. The highest BCUT2D eigenvalue weighted by Crippen LogP contribution is 2.10. The van der Waals surface area contributed by atoms with Crippen LogP contribution in [0.3, 0.4) is 0 Å². The second kappa shape index (κ2) is 6.22. The minimum absolute atomic E-state index is 0.0606. The first-order valence-corrected chi connectivity index (χ1v) is 5.54. The second-order valence-corrected chi connectivity index (χ2v) is 3.92. The second-order valence-electron chi connectivity index (χ2n) is 3.92. The molecule has 1 heterocycles. The summed E-state index contributed by atoms with van der Waals surface area (Å²) < 4.78 is 14.3. The van der Waals surface area contributed by atoms with Gasteiger partial charge in [-0.25, -0.2) is 4.79 Å². The highest BCUT2D eigenvalue weighted by Gasteiger charge is 2.27. The number of rotatable bonds is 5. The molecule has 6 heteroatoms. The third-order valence-corrected chi connectivity index (χ3v) is 2.47. The lowest BCUT2D eigenvalue weighted by molar-refractivity contribution is -0.164. The van der Waals surface area contributed by atoms with Gasteiger partial charge in [-0.2, -0.15) is 0 Å². The van der Waals surface area contributed by atoms with E-state index in [2.05, 4.69) is 4.74 Å². The fourth-order valence-corrected chi connectivity index (χ4v) is 1.22. The van der Waals surface area contributed by atoms with Crippen LogP contribution in [0.4, 0.5) is 0 Å². The van der Waals surface area contributed by atoms with E-state index in [9.17, 15) is 14.4 Å². The van der Waals surface area contributed by atoms with E-state index in [0.29, 0.717) is 6.42 Å². The van der Waals surface area contributed by atoms with Crippen molar-refractivity contribution in [2.45, 2.75) is 32.8 Å². The molecule has 0 aromatic rings. The van der Waals surface area contributed by atoms with Crippen molar-refractivity contribution in [3.8, 4) is 0 Å². The quantitative estimate of drug-likeness (QED) is 0.515. The van der Waals surface area contributed by atoms with Crippen LogP contribution in [0.15, 0.2) is 0 Å². The Labute approximate surface area is 99.2 Å². The Hall–Kier alpha value is -1.59. The van der Waals surface area contributed by atoms with Crippen LogP contribution in [0.2, 0.25) is 0 Å². The number of carbonyl (C=O) groups is 3. The summed E-state index contributed by atoms with van der Waals surface area (Å²) in [7, 11) is 0. The van der Waals surface area contributed by atoms with Gasteiger partial charge in [0.1, 0.15) is 12.7 Å². The number of hydrogen-bond acceptors (Lipinski definition) is 6. The number of ether oxygens (including phenoxy) is 3. The summed E-state index contributed by atoms with van der Waals surface area (Å²) in [6.07, 6.45) is 0.154. The zero-order valence-electron chi connectivity index (χ0n) is 9.93. The summed E-state index contributed by atoms with van der Waals surface area (Å²) in [5.74, 6) is -1.72. The van der Waals surface area contributed by atoms with E-state index < -0.39 is 24.6 Å². The number of esters is 3. The third-order valence-electron chi connectivity index (χ3n) is 2.47. The maximum atomic E-state index is 11.3. The smallest absolute Gasteiger partial charge is 0.344 e. The van der Waals surface area contributed by atoms with Gasteiger partial charge < -0.3 is 14.2 Å². The van der Waals surface area contributed by atoms with Gasteiger partial charge in [0.2, 0.25) is 0 Å². The van der Waals surface area contributed by atoms with E-state index in [1.54, 1.807) is 6.92 Å². The van der Waals surface area contributed by atoms with Crippen molar-refractivity contribution in [3.63, 3.8) is 0 Å². The van der Waals surface area contributed by atoms with E-state index in [4.69, 9.17) is 9.47 Å². The predicted octanol–water partition coefficient (Wildman–Crippen LogP) is 0.434. The number of carbonyl (C=O) groups excluding carboxylic acids is 3. The van der Waals surface area contributed by atoms with Crippen LogP contribution in [-0.2, 0) is 28.6 Å². The Bertz CT molecular complexity index is 311. The van der Waals surface area contributed by atoms with E-state index >= 15 is 0 Å². The average molecular weight is 244 g/mol. The van der Waals surface area contributed by atoms with E-state index in [1.165, 1.54) is 0 Å². The molecule has 17 heavy (non-hydrogen) atoms. The monoisotopic (exact) mass is 244 g/mol. The summed E-state index contributed by atoms with van der Waals surface area (Å²) >= 11 is 0. The molecule has 0 spiro atoms. The predicted molar refractivity (Wildman–Crippen MR) is 55.9 cm³/mol. The summed E-state index contributed by atoms with van der Waals surface area (Å²) in [6, 6.07) is 0. The fourth-order valence-electron chi connectivity index (χ4n) is 1.22. The van der Waals surface area contributed by atoms with Crippen LogP contribution >= 0.6 is 0 Å². The standard InChI is InChI=1S/C11H16O6/c1-3-7(2)11(14)16-6-10(13)17-8-4-9(12)15-5-8/h7-8H,3-6H2,1-2H3. The molecule has 0 amide bonds. The minimum Gasteiger partial charge on any atom is -0.462 e. The van der Waals surface area contributed by atoms with Crippen LogP contribution < -0.4 is 0 Å². The van der Waals surface area contributed by atoms with E-state index in [0.717, 1.165) is 0 Å². The van der Waals surface area contributed by atoms with Crippen LogP contribution in [0.5, 0.6) is 0 Å². The lowest BCUT2D eigenvalue weighted by Gasteiger charge is -2.11. The molecule has 0 aromatic heterocycles. The van der Waals surface area contributed by atoms with Crippen molar-refractivity contribution in [3.05, 3.63) is 0 Å². The largest absolute Gasteiger partial charge is 0.462 e. The molecule has 2 atom stereocenters. The first-order chi connectivity index (χ1) is 8.02. The van der Waals surface area contributed by atoms with Gasteiger partial charge in [-0.05, 0) is 6.42 Å². The van der Waals surface area contributed by atoms with Gasteiger partial charge >= 0.3 is 17.9 Å². The number of cyclic esters (lactones) is 1. The Morgan fingerprint density at radius 1 is 1.53 bits per heavy atom. The molecule has 1 saturated heterocycles. The van der Waals surface area contributed by atoms with Gasteiger partial charge in [0.05, 0.1) is 12.3 Å². The van der Waals surface area contributed by atoms with Crippen molar-refractivity contribution in [1.82, 2.24) is 0 Å². The molecule has 0 bridgehead atoms. The highest BCUT2D eigenvalue weighted by molar-refractivity contribution is 5.78. The normalized spacial score (nSPS) is 20.6. The Morgan fingerprint density at radius 3 is 2.76 bits per heavy atom. The molecule has 2 unspecified atom stereocenters. The SMILES string of the molecule is CCC(C)C(=O)OCC(=O)OC1COC(=O)C1. The van der Waals surface area contributed by atoms with Crippen molar-refractivity contribution in [2.24, 2.45) is 5.92 Å². The molecular weight excluding hydrogens is 228 g/mol. The van der Waals surface area contributed by atoms with Gasteiger partial charge in [0, 0.05) is 0 Å². The zero-order valence-corrected chi connectivity index (χ0v) is 9.93. The molecule has 0 N–H and O–H groups in total. The zero-order chi connectivity index (χ0) is 12.8. The van der Waals surface area contributed by atoms with Crippen LogP contribution in [0.1, 0.15) is 26.7 Å². The molecule has 0 aromatic carbocycles. The van der Waals surface area contributed by atoms with Crippen LogP contribution in [0, 0.1) is 5.92 Å². The maximum Gasteiger partial charge on any atom is 0.344 e. The molecule has 6 nitrogen and oxygen atoms in total. The van der Waals surface area contributed by atoms with Gasteiger partial charge in [-0.1, -0.05) is 13.8 Å². The van der Waals surface area contributed by atoms with E-state index in [-0.39, 0.29) is 24.9 Å². The van der Waals surface area contributed by atoms with Gasteiger partial charge in [-0.3, -0.25) is 9.59 Å². The molecule has 1 fully saturated rings. The van der Waals surface area contributed by atoms with Gasteiger partial charge in [-0.15, -0.1) is 0 Å². The van der Waals surface area contributed by atoms with Crippen molar-refractivity contribution in [1.29, 1.82) is 0 Å². The highest BCUT2D eigenvalue weighted by atomic mass is 16.6.